The van der Waals surface area contributed by atoms with Crippen LogP contribution in [0.2, 0.25) is 5.02 Å². The van der Waals surface area contributed by atoms with Crippen molar-refractivity contribution in [2.45, 2.75) is 0 Å². The van der Waals surface area contributed by atoms with Crippen LogP contribution in [0.25, 0.3) is 0 Å². The molecule has 0 bridgehead atoms. The van der Waals surface area contributed by atoms with E-state index in [9.17, 15) is 9.59 Å². The number of hydrogen-bond donors (Lipinski definition) is 3. The number of urea groups is 1. The lowest BCUT2D eigenvalue weighted by Gasteiger charge is -2.06. The molecule has 0 spiro atoms. The molecule has 0 aliphatic rings. The SMILES string of the molecule is Cn1nnc(NC(=O)Nc2ccc(Cl)c(C(=O)O)c2)n1. The number of carbonyl (C=O) groups is 2. The number of aromatic carboxylic acids is 1. The fraction of sp³-hybridized carbons (Fsp3) is 0.100. The van der Waals surface area contributed by atoms with Crippen molar-refractivity contribution in [3.05, 3.63) is 28.8 Å². The molecule has 2 amide bonds. The molecule has 0 aliphatic carbocycles. The van der Waals surface area contributed by atoms with E-state index in [1.54, 1.807) is 7.05 Å². The molecule has 1 aromatic heterocycles. The van der Waals surface area contributed by atoms with E-state index in [1.807, 2.05) is 0 Å². The predicted octanol–water partition coefficient (Wildman–Crippen LogP) is 1.21. The van der Waals surface area contributed by atoms with Gasteiger partial charge in [0.05, 0.1) is 17.6 Å². The summed E-state index contributed by atoms with van der Waals surface area (Å²) < 4.78 is 0. The minimum absolute atomic E-state index is 0.0254. The summed E-state index contributed by atoms with van der Waals surface area (Å²) in [7, 11) is 1.55. The molecule has 1 heterocycles. The Hall–Kier alpha value is -2.68. The van der Waals surface area contributed by atoms with Gasteiger partial charge in [-0.25, -0.2) is 9.59 Å². The number of rotatable bonds is 3. The van der Waals surface area contributed by atoms with Gasteiger partial charge in [0.2, 0.25) is 0 Å². The third kappa shape index (κ3) is 3.20. The summed E-state index contributed by atoms with van der Waals surface area (Å²) in [5, 5.41) is 24.6. The van der Waals surface area contributed by atoms with Crippen LogP contribution in [0.3, 0.4) is 0 Å². The van der Waals surface area contributed by atoms with Gasteiger partial charge in [-0.1, -0.05) is 16.7 Å². The highest BCUT2D eigenvalue weighted by Gasteiger charge is 2.11. The zero-order valence-electron chi connectivity index (χ0n) is 10.2. The lowest BCUT2D eigenvalue weighted by Crippen LogP contribution is -2.20. The molecule has 0 saturated heterocycles. The van der Waals surface area contributed by atoms with E-state index in [-0.39, 0.29) is 22.2 Å². The third-order valence-corrected chi connectivity index (χ3v) is 2.52. The number of nitrogens with one attached hydrogen (secondary N) is 2. The number of tetrazole rings is 1. The maximum atomic E-state index is 11.6. The van der Waals surface area contributed by atoms with E-state index >= 15 is 0 Å². The number of carboxylic acids is 1. The minimum Gasteiger partial charge on any atom is -0.478 e. The van der Waals surface area contributed by atoms with Crippen LogP contribution in [0.15, 0.2) is 18.2 Å². The van der Waals surface area contributed by atoms with Crippen LogP contribution >= 0.6 is 11.6 Å². The largest absolute Gasteiger partial charge is 0.478 e. The molecule has 0 radical (unpaired) electrons. The molecule has 3 N–H and O–H groups in total. The molecule has 2 rings (SSSR count). The van der Waals surface area contributed by atoms with Crippen LogP contribution in [0.1, 0.15) is 10.4 Å². The molecular formula is C10H9ClN6O3. The summed E-state index contributed by atoms with van der Waals surface area (Å²) in [6.07, 6.45) is 0. The van der Waals surface area contributed by atoms with Gasteiger partial charge in [0.1, 0.15) is 0 Å². The normalized spacial score (nSPS) is 10.1. The van der Waals surface area contributed by atoms with Crippen molar-refractivity contribution in [3.8, 4) is 0 Å². The molecule has 20 heavy (non-hydrogen) atoms. The standard InChI is InChI=1S/C10H9ClN6O3/c1-17-15-9(14-16-17)13-10(20)12-5-2-3-7(11)6(4-5)8(18)19/h2-4H,1H3,(H,18,19)(H2,12,13,15,20). The van der Waals surface area contributed by atoms with Gasteiger partial charge in [-0.15, -0.1) is 5.10 Å². The van der Waals surface area contributed by atoms with Gasteiger partial charge in [-0.2, -0.15) is 4.80 Å². The van der Waals surface area contributed by atoms with Crippen LogP contribution in [0.4, 0.5) is 16.4 Å². The third-order valence-electron chi connectivity index (χ3n) is 2.19. The molecule has 0 atom stereocenters. The summed E-state index contributed by atoms with van der Waals surface area (Å²) in [5.41, 5.74) is 0.162. The first-order chi connectivity index (χ1) is 9.45. The Morgan fingerprint density at radius 1 is 1.35 bits per heavy atom. The first-order valence-electron chi connectivity index (χ1n) is 5.30. The quantitative estimate of drug-likeness (QED) is 0.782. The lowest BCUT2D eigenvalue weighted by atomic mass is 10.2. The van der Waals surface area contributed by atoms with E-state index in [2.05, 4.69) is 26.0 Å². The smallest absolute Gasteiger partial charge is 0.337 e. The minimum atomic E-state index is -1.19. The average Bonchev–Trinajstić information content (AvgIpc) is 2.76. The Kier molecular flexibility index (Phi) is 3.80. The maximum Gasteiger partial charge on any atom is 0.337 e. The van der Waals surface area contributed by atoms with Crippen molar-refractivity contribution < 1.29 is 14.7 Å². The van der Waals surface area contributed by atoms with E-state index in [4.69, 9.17) is 16.7 Å². The fourth-order valence-corrected chi connectivity index (χ4v) is 1.56. The first kappa shape index (κ1) is 13.7. The Morgan fingerprint density at radius 3 is 2.70 bits per heavy atom. The number of hydrogen-bond acceptors (Lipinski definition) is 5. The molecular weight excluding hydrogens is 288 g/mol. The van der Waals surface area contributed by atoms with Gasteiger partial charge in [-0.05, 0) is 23.4 Å². The second-order valence-electron chi connectivity index (χ2n) is 3.68. The predicted molar refractivity (Wildman–Crippen MR) is 69.9 cm³/mol. The molecule has 0 fully saturated rings. The van der Waals surface area contributed by atoms with Gasteiger partial charge in [0.25, 0.3) is 5.95 Å². The zero-order chi connectivity index (χ0) is 14.7. The first-order valence-corrected chi connectivity index (χ1v) is 5.68. The second kappa shape index (κ2) is 5.53. The number of aromatic nitrogens is 4. The van der Waals surface area contributed by atoms with Gasteiger partial charge in [-0.3, -0.25) is 5.32 Å². The molecule has 0 aliphatic heterocycles. The Morgan fingerprint density at radius 2 is 2.10 bits per heavy atom. The van der Waals surface area contributed by atoms with Crippen LogP contribution in [0.5, 0.6) is 0 Å². The van der Waals surface area contributed by atoms with Crippen molar-refractivity contribution in [3.63, 3.8) is 0 Å². The van der Waals surface area contributed by atoms with E-state index in [0.717, 1.165) is 0 Å². The molecule has 10 heteroatoms. The molecule has 104 valence electrons. The highest BCUT2D eigenvalue weighted by Crippen LogP contribution is 2.20. The van der Waals surface area contributed by atoms with Crippen molar-refractivity contribution in [1.29, 1.82) is 0 Å². The molecule has 9 nitrogen and oxygen atoms in total. The number of carbonyl (C=O) groups excluding carboxylic acids is 1. The number of benzene rings is 1. The van der Waals surface area contributed by atoms with Crippen LogP contribution < -0.4 is 10.6 Å². The number of anilines is 2. The number of halogens is 1. The molecule has 1 aromatic carbocycles. The van der Waals surface area contributed by atoms with Crippen molar-refractivity contribution in [2.24, 2.45) is 7.05 Å². The second-order valence-corrected chi connectivity index (χ2v) is 4.09. The zero-order valence-corrected chi connectivity index (χ0v) is 10.9. The summed E-state index contributed by atoms with van der Waals surface area (Å²) in [6.45, 7) is 0. The molecule has 2 aromatic rings. The van der Waals surface area contributed by atoms with Crippen LogP contribution in [0, 0.1) is 0 Å². The van der Waals surface area contributed by atoms with Gasteiger partial charge in [0, 0.05) is 5.69 Å². The van der Waals surface area contributed by atoms with E-state index < -0.39 is 12.0 Å². The Labute approximate surface area is 117 Å². The van der Waals surface area contributed by atoms with Gasteiger partial charge >= 0.3 is 12.0 Å². The van der Waals surface area contributed by atoms with Crippen LogP contribution in [-0.4, -0.2) is 37.3 Å². The fourth-order valence-electron chi connectivity index (χ4n) is 1.36. The van der Waals surface area contributed by atoms with Crippen molar-refractivity contribution in [1.82, 2.24) is 20.2 Å². The average molecular weight is 297 g/mol. The molecule has 0 saturated carbocycles. The van der Waals surface area contributed by atoms with Gasteiger partial charge in [0.15, 0.2) is 0 Å². The van der Waals surface area contributed by atoms with E-state index in [0.29, 0.717) is 0 Å². The monoisotopic (exact) mass is 296 g/mol. The number of carboxylic acid groups (broad SMARTS) is 1. The summed E-state index contributed by atoms with van der Waals surface area (Å²) >= 11 is 5.72. The lowest BCUT2D eigenvalue weighted by molar-refractivity contribution is 0.0697. The van der Waals surface area contributed by atoms with Crippen LogP contribution in [-0.2, 0) is 7.05 Å². The van der Waals surface area contributed by atoms with Crippen molar-refractivity contribution >= 4 is 35.2 Å². The van der Waals surface area contributed by atoms with E-state index in [1.165, 1.54) is 23.0 Å². The van der Waals surface area contributed by atoms with Crippen molar-refractivity contribution in [2.75, 3.05) is 10.6 Å². The Bertz CT molecular complexity index is 671. The summed E-state index contributed by atoms with van der Waals surface area (Å²) in [6, 6.07) is 3.46. The van der Waals surface area contributed by atoms with Gasteiger partial charge < -0.3 is 10.4 Å². The maximum absolute atomic E-state index is 11.6. The highest BCUT2D eigenvalue weighted by atomic mass is 35.5. The number of nitrogens with zero attached hydrogens (tertiary/aromatic N) is 4. The topological polar surface area (TPSA) is 122 Å². The number of aryl methyl sites for hydroxylation is 1. The molecule has 0 unspecified atom stereocenters. The summed E-state index contributed by atoms with van der Waals surface area (Å²) in [5.74, 6) is -1.16. The number of amides is 2. The summed E-state index contributed by atoms with van der Waals surface area (Å²) in [4.78, 5) is 23.7. The highest BCUT2D eigenvalue weighted by molar-refractivity contribution is 6.33. The Balaban J connectivity index is 2.08.